The number of halogens is 5. The van der Waals surface area contributed by atoms with E-state index in [1.807, 2.05) is 24.3 Å². The summed E-state index contributed by atoms with van der Waals surface area (Å²) in [6.07, 6.45) is -2.47. The second-order valence-corrected chi connectivity index (χ2v) is 12.2. The van der Waals surface area contributed by atoms with Crippen molar-refractivity contribution in [3.8, 4) is 0 Å². The van der Waals surface area contributed by atoms with Gasteiger partial charge in [-0.15, -0.1) is 0 Å². The van der Waals surface area contributed by atoms with Gasteiger partial charge >= 0.3 is 12.1 Å². The van der Waals surface area contributed by atoms with E-state index >= 15 is 8.78 Å². The Hall–Kier alpha value is -2.06. The van der Waals surface area contributed by atoms with Crippen molar-refractivity contribution in [2.45, 2.75) is 95.9 Å². The van der Waals surface area contributed by atoms with Crippen LogP contribution in [0, 0.1) is 17.3 Å². The van der Waals surface area contributed by atoms with Crippen LogP contribution >= 0.6 is 0 Å². The summed E-state index contributed by atoms with van der Waals surface area (Å²) < 4.78 is 71.4. The van der Waals surface area contributed by atoms with E-state index in [1.54, 1.807) is 6.08 Å². The van der Waals surface area contributed by atoms with Crippen LogP contribution in [-0.4, -0.2) is 46.6 Å². The number of allylic oxidation sites excluding steroid dienone is 4. The fraction of sp³-hybridized carbons (Fsp3) is 0.645. The lowest BCUT2D eigenvalue weighted by atomic mass is 9.50. The molecule has 2 fully saturated rings. The average molecular weight is 552 g/mol. The fourth-order valence-electron chi connectivity index (χ4n) is 8.28. The fourth-order valence-corrected chi connectivity index (χ4v) is 8.28. The molecule has 0 saturated heterocycles. The van der Waals surface area contributed by atoms with Crippen molar-refractivity contribution in [1.29, 1.82) is 0 Å². The summed E-state index contributed by atoms with van der Waals surface area (Å²) in [4.78, 5) is 14.5. The van der Waals surface area contributed by atoms with E-state index in [4.69, 9.17) is 0 Å². The van der Waals surface area contributed by atoms with Crippen LogP contribution in [0.15, 0.2) is 47.1 Å². The largest absolute Gasteiger partial charge is 0.456 e. The van der Waals surface area contributed by atoms with E-state index in [0.717, 1.165) is 47.5 Å². The van der Waals surface area contributed by atoms with E-state index < -0.39 is 41.4 Å². The van der Waals surface area contributed by atoms with Gasteiger partial charge in [0, 0.05) is 24.3 Å². The SMILES string of the molecule is CCN(CC)Cc1ccc([C@H]2C[C@@]3(C)[C@@H](CC[C@]3(O)C(F)(F)C(F)(F)F)[C@@H]3CCC4=CC(=O)CCC4=C32)cc1. The van der Waals surface area contributed by atoms with Gasteiger partial charge in [0.25, 0.3) is 0 Å². The molecule has 39 heavy (non-hydrogen) atoms. The molecule has 3 nitrogen and oxygen atoms in total. The first-order valence-electron chi connectivity index (χ1n) is 14.2. The molecule has 8 heteroatoms. The van der Waals surface area contributed by atoms with Gasteiger partial charge in [0.05, 0.1) is 0 Å². The van der Waals surface area contributed by atoms with Gasteiger partial charge in [-0.3, -0.25) is 9.69 Å². The molecule has 5 rings (SSSR count). The molecule has 1 aromatic rings. The summed E-state index contributed by atoms with van der Waals surface area (Å²) in [5.41, 5.74) is 0.327. The molecular formula is C31H38F5NO2. The number of benzene rings is 1. The van der Waals surface area contributed by atoms with Crippen LogP contribution in [0.4, 0.5) is 22.0 Å². The third kappa shape index (κ3) is 4.32. The van der Waals surface area contributed by atoms with Crippen LogP contribution in [0.25, 0.3) is 0 Å². The molecule has 1 aromatic carbocycles. The monoisotopic (exact) mass is 551 g/mol. The highest BCUT2D eigenvalue weighted by Gasteiger charge is 2.79. The van der Waals surface area contributed by atoms with Crippen LogP contribution in [0.2, 0.25) is 0 Å². The Morgan fingerprint density at radius 1 is 1.00 bits per heavy atom. The zero-order chi connectivity index (χ0) is 28.4. The predicted molar refractivity (Wildman–Crippen MR) is 139 cm³/mol. The molecule has 0 aromatic heterocycles. The van der Waals surface area contributed by atoms with Crippen molar-refractivity contribution in [1.82, 2.24) is 4.90 Å². The summed E-state index contributed by atoms with van der Waals surface area (Å²) in [6, 6.07) is 7.97. The molecule has 1 N–H and O–H groups in total. The van der Waals surface area contributed by atoms with Gasteiger partial charge in [0.2, 0.25) is 0 Å². The van der Waals surface area contributed by atoms with Crippen LogP contribution in [0.3, 0.4) is 0 Å². The summed E-state index contributed by atoms with van der Waals surface area (Å²) in [7, 11) is 0. The van der Waals surface area contributed by atoms with Crippen molar-refractivity contribution < 1.29 is 31.9 Å². The Bertz CT molecular complexity index is 1180. The van der Waals surface area contributed by atoms with Crippen molar-refractivity contribution in [2.75, 3.05) is 13.1 Å². The van der Waals surface area contributed by atoms with E-state index in [9.17, 15) is 23.1 Å². The average Bonchev–Trinajstić information content (AvgIpc) is 3.17. The first-order chi connectivity index (χ1) is 18.3. The van der Waals surface area contributed by atoms with Gasteiger partial charge in [-0.2, -0.15) is 22.0 Å². The Morgan fingerprint density at radius 2 is 1.67 bits per heavy atom. The minimum absolute atomic E-state index is 0.00574. The number of nitrogens with zero attached hydrogens (tertiary/aromatic N) is 1. The molecule has 0 spiro atoms. The normalized spacial score (nSPS) is 33.1. The Kier molecular flexibility index (Phi) is 7.15. The second-order valence-electron chi connectivity index (χ2n) is 12.2. The van der Waals surface area contributed by atoms with Gasteiger partial charge < -0.3 is 5.11 Å². The number of hydrogen-bond donors (Lipinski definition) is 1. The summed E-state index contributed by atoms with van der Waals surface area (Å²) in [5, 5.41) is 11.4. The van der Waals surface area contributed by atoms with Crippen LogP contribution in [0.1, 0.15) is 82.8 Å². The van der Waals surface area contributed by atoms with Crippen LogP contribution in [-0.2, 0) is 11.3 Å². The molecule has 0 bridgehead atoms. The van der Waals surface area contributed by atoms with E-state index in [-0.39, 0.29) is 24.5 Å². The van der Waals surface area contributed by atoms with Gasteiger partial charge in [-0.25, -0.2) is 0 Å². The smallest absolute Gasteiger partial charge is 0.383 e. The quantitative estimate of drug-likeness (QED) is 0.376. The molecule has 214 valence electrons. The first-order valence-corrected chi connectivity index (χ1v) is 14.2. The third-order valence-electron chi connectivity index (χ3n) is 10.4. The summed E-state index contributed by atoms with van der Waals surface area (Å²) in [6.45, 7) is 8.21. The van der Waals surface area contributed by atoms with Crippen molar-refractivity contribution in [2.24, 2.45) is 17.3 Å². The topological polar surface area (TPSA) is 40.5 Å². The summed E-state index contributed by atoms with van der Waals surface area (Å²) >= 11 is 0. The number of hydrogen-bond acceptors (Lipinski definition) is 3. The standard InChI is InChI=1S/C31H38F5NO2/c1-4-37(5-2)18-19-6-8-20(9-7-19)25-17-28(3)26(14-15-29(28,39)30(32,33)31(34,35)36)24-12-10-21-16-22(38)11-13-23(21)27(24)25/h6-9,16,24-26,39H,4-5,10-15,17-18H2,1-3H3/t24-,25+,26-,28-,29+/m0/s1. The molecule has 0 unspecified atom stereocenters. The second kappa shape index (κ2) is 9.79. The predicted octanol–water partition coefficient (Wildman–Crippen LogP) is 7.36. The van der Waals surface area contributed by atoms with Crippen molar-refractivity contribution in [3.63, 3.8) is 0 Å². The van der Waals surface area contributed by atoms with Crippen molar-refractivity contribution in [3.05, 3.63) is 58.2 Å². The number of alkyl halides is 5. The number of rotatable bonds is 6. The molecular weight excluding hydrogens is 513 g/mol. The zero-order valence-corrected chi connectivity index (χ0v) is 22.9. The van der Waals surface area contributed by atoms with Crippen LogP contribution < -0.4 is 0 Å². The maximum atomic E-state index is 15.1. The molecule has 5 atom stereocenters. The minimum atomic E-state index is -5.84. The molecule has 4 aliphatic rings. The minimum Gasteiger partial charge on any atom is -0.383 e. The van der Waals surface area contributed by atoms with Gasteiger partial charge in [-0.05, 0) is 91.8 Å². The number of fused-ring (bicyclic) bond motifs is 4. The third-order valence-corrected chi connectivity index (χ3v) is 10.4. The molecule has 4 aliphatic carbocycles. The van der Waals surface area contributed by atoms with E-state index in [0.29, 0.717) is 25.7 Å². The number of ketones is 1. The molecule has 0 radical (unpaired) electrons. The Labute approximate surface area is 227 Å². The van der Waals surface area contributed by atoms with Crippen molar-refractivity contribution >= 4 is 5.78 Å². The Morgan fingerprint density at radius 3 is 2.28 bits per heavy atom. The maximum absolute atomic E-state index is 15.1. The molecule has 0 heterocycles. The highest BCUT2D eigenvalue weighted by atomic mass is 19.4. The maximum Gasteiger partial charge on any atom is 0.456 e. The zero-order valence-electron chi connectivity index (χ0n) is 22.9. The number of carbonyl (C=O) groups excluding carboxylic acids is 1. The number of carbonyl (C=O) groups is 1. The van der Waals surface area contributed by atoms with Gasteiger partial charge in [0.1, 0.15) is 5.60 Å². The van der Waals surface area contributed by atoms with E-state index in [2.05, 4.69) is 18.7 Å². The highest BCUT2D eigenvalue weighted by Crippen LogP contribution is 2.70. The van der Waals surface area contributed by atoms with Gasteiger partial charge in [0.15, 0.2) is 5.78 Å². The summed E-state index contributed by atoms with van der Waals surface area (Å²) in [5.74, 6) is -6.24. The highest BCUT2D eigenvalue weighted by molar-refractivity contribution is 5.93. The number of aliphatic hydroxyl groups is 1. The first kappa shape index (κ1) is 28.5. The van der Waals surface area contributed by atoms with Crippen LogP contribution in [0.5, 0.6) is 0 Å². The Balaban J connectivity index is 1.62. The lowest BCUT2D eigenvalue weighted by Gasteiger charge is -2.56. The lowest BCUT2D eigenvalue weighted by molar-refractivity contribution is -0.362. The lowest BCUT2D eigenvalue weighted by Crippen LogP contribution is -2.65. The van der Waals surface area contributed by atoms with Gasteiger partial charge in [-0.1, -0.05) is 50.6 Å². The molecule has 2 saturated carbocycles. The molecule has 0 aliphatic heterocycles. The van der Waals surface area contributed by atoms with E-state index in [1.165, 1.54) is 6.92 Å². The molecule has 0 amide bonds.